The average molecular weight is 557 g/mol. The van der Waals surface area contributed by atoms with Gasteiger partial charge in [-0.25, -0.2) is 9.59 Å². The van der Waals surface area contributed by atoms with Crippen molar-refractivity contribution in [2.45, 2.75) is 63.3 Å². The third-order valence-corrected chi connectivity index (χ3v) is 8.14. The standard InChI is InChI=1S/C33H36N2O6/c1-21(40-19-22-11-3-2-4-12-22)30(32(37)38)35-31(36)27-17-9-10-18-29(27)34-33(39)41-20-28-25-15-7-5-13-23(25)24-14-6-8-16-26(24)28/h2-8,11-16,21,27-30H,9-10,17-20H2,1H3,(H,34,39)(H,35,36)(H,37,38)/t21-,27-,29+,30+/m0/s1. The van der Waals surface area contributed by atoms with Gasteiger partial charge in [-0.3, -0.25) is 4.79 Å². The van der Waals surface area contributed by atoms with Gasteiger partial charge in [0, 0.05) is 12.0 Å². The number of amides is 2. The van der Waals surface area contributed by atoms with Gasteiger partial charge in [0.15, 0.2) is 6.04 Å². The molecule has 0 aliphatic heterocycles. The zero-order chi connectivity index (χ0) is 28.8. The molecule has 0 radical (unpaired) electrons. The van der Waals surface area contributed by atoms with Crippen LogP contribution >= 0.6 is 0 Å². The fraction of sp³-hybridized carbons (Fsp3) is 0.364. The minimum Gasteiger partial charge on any atom is -0.480 e. The highest BCUT2D eigenvalue weighted by Gasteiger charge is 2.36. The van der Waals surface area contributed by atoms with Crippen molar-refractivity contribution in [1.29, 1.82) is 0 Å². The summed E-state index contributed by atoms with van der Waals surface area (Å²) in [6.07, 6.45) is 1.50. The van der Waals surface area contributed by atoms with Gasteiger partial charge in [-0.05, 0) is 47.6 Å². The molecule has 3 aromatic rings. The molecule has 2 aliphatic carbocycles. The molecule has 3 N–H and O–H groups in total. The van der Waals surface area contributed by atoms with Crippen molar-refractivity contribution in [1.82, 2.24) is 10.6 Å². The topological polar surface area (TPSA) is 114 Å². The van der Waals surface area contributed by atoms with E-state index in [0.29, 0.717) is 12.8 Å². The number of hydrogen-bond acceptors (Lipinski definition) is 5. The molecule has 8 heteroatoms. The molecule has 2 amide bonds. The van der Waals surface area contributed by atoms with Crippen molar-refractivity contribution in [3.8, 4) is 11.1 Å². The SMILES string of the molecule is C[C@H](OCc1ccccc1)[C@@H](NC(=O)[C@H]1CCCC[C@H]1NC(=O)OCC1c2ccccc2-c2ccccc21)C(=O)O. The Hall–Kier alpha value is -4.17. The summed E-state index contributed by atoms with van der Waals surface area (Å²) in [4.78, 5) is 38.3. The second-order valence-corrected chi connectivity index (χ2v) is 10.8. The van der Waals surface area contributed by atoms with Crippen LogP contribution in [0.15, 0.2) is 78.9 Å². The molecule has 1 saturated carbocycles. The van der Waals surface area contributed by atoms with E-state index in [1.165, 1.54) is 0 Å². The van der Waals surface area contributed by atoms with E-state index in [-0.39, 0.29) is 19.1 Å². The van der Waals surface area contributed by atoms with Gasteiger partial charge in [0.1, 0.15) is 6.61 Å². The molecule has 0 unspecified atom stereocenters. The fourth-order valence-electron chi connectivity index (χ4n) is 5.95. The van der Waals surface area contributed by atoms with Gasteiger partial charge in [0.25, 0.3) is 0 Å². The van der Waals surface area contributed by atoms with Gasteiger partial charge in [0.2, 0.25) is 5.91 Å². The number of aliphatic carboxylic acids is 1. The monoisotopic (exact) mass is 556 g/mol. The molecule has 4 atom stereocenters. The number of carboxylic acids is 1. The van der Waals surface area contributed by atoms with E-state index < -0.39 is 42.1 Å². The third kappa shape index (κ3) is 6.60. The number of benzene rings is 3. The first-order valence-electron chi connectivity index (χ1n) is 14.2. The molecule has 0 bridgehead atoms. The summed E-state index contributed by atoms with van der Waals surface area (Å²) in [5.41, 5.74) is 5.46. The van der Waals surface area contributed by atoms with E-state index in [1.807, 2.05) is 54.6 Å². The first kappa shape index (κ1) is 28.4. The Labute approximate surface area is 240 Å². The molecule has 214 valence electrons. The molecule has 8 nitrogen and oxygen atoms in total. The van der Waals surface area contributed by atoms with E-state index in [4.69, 9.17) is 9.47 Å². The first-order valence-corrected chi connectivity index (χ1v) is 14.2. The van der Waals surface area contributed by atoms with Gasteiger partial charge in [0.05, 0.1) is 18.6 Å². The van der Waals surface area contributed by atoms with Crippen LogP contribution in [-0.4, -0.2) is 47.9 Å². The number of ether oxygens (including phenoxy) is 2. The molecule has 0 aromatic heterocycles. The minimum absolute atomic E-state index is 0.0627. The van der Waals surface area contributed by atoms with E-state index in [1.54, 1.807) is 6.92 Å². The lowest BCUT2D eigenvalue weighted by Gasteiger charge is -2.32. The van der Waals surface area contributed by atoms with Gasteiger partial charge in [-0.2, -0.15) is 0 Å². The molecule has 0 spiro atoms. The lowest BCUT2D eigenvalue weighted by Crippen LogP contribution is -2.54. The highest BCUT2D eigenvalue weighted by molar-refractivity contribution is 5.86. The summed E-state index contributed by atoms with van der Waals surface area (Å²) in [6, 6.07) is 24.0. The molecule has 0 saturated heterocycles. The smallest absolute Gasteiger partial charge is 0.407 e. The van der Waals surface area contributed by atoms with Gasteiger partial charge in [-0.1, -0.05) is 91.7 Å². The Morgan fingerprint density at radius 2 is 1.49 bits per heavy atom. The van der Waals surface area contributed by atoms with Crippen molar-refractivity contribution in [2.75, 3.05) is 6.61 Å². The van der Waals surface area contributed by atoms with E-state index in [0.717, 1.165) is 40.7 Å². The molecule has 41 heavy (non-hydrogen) atoms. The Morgan fingerprint density at radius 1 is 0.878 bits per heavy atom. The lowest BCUT2D eigenvalue weighted by atomic mass is 9.83. The third-order valence-electron chi connectivity index (χ3n) is 8.14. The molecule has 1 fully saturated rings. The summed E-state index contributed by atoms with van der Waals surface area (Å²) in [6.45, 7) is 2.05. The van der Waals surface area contributed by atoms with Crippen LogP contribution in [0.5, 0.6) is 0 Å². The Morgan fingerprint density at radius 3 is 2.15 bits per heavy atom. The maximum atomic E-state index is 13.3. The van der Waals surface area contributed by atoms with Crippen LogP contribution in [-0.2, 0) is 25.7 Å². The quantitative estimate of drug-likeness (QED) is 0.314. The van der Waals surface area contributed by atoms with Crippen molar-refractivity contribution >= 4 is 18.0 Å². The fourth-order valence-corrected chi connectivity index (χ4v) is 5.95. The average Bonchev–Trinajstić information content (AvgIpc) is 3.31. The molecule has 0 heterocycles. The normalized spacial score (nSPS) is 19.3. The number of nitrogens with one attached hydrogen (secondary N) is 2. The summed E-state index contributed by atoms with van der Waals surface area (Å²) >= 11 is 0. The van der Waals surface area contributed by atoms with Crippen LogP contribution in [0.1, 0.15) is 55.2 Å². The minimum atomic E-state index is -1.22. The van der Waals surface area contributed by atoms with Crippen molar-refractivity contribution in [3.63, 3.8) is 0 Å². The van der Waals surface area contributed by atoms with Crippen LogP contribution in [0, 0.1) is 5.92 Å². The number of alkyl carbamates (subject to hydrolysis) is 1. The van der Waals surface area contributed by atoms with Crippen molar-refractivity contribution in [2.24, 2.45) is 5.92 Å². The molecular weight excluding hydrogens is 520 g/mol. The van der Waals surface area contributed by atoms with Crippen LogP contribution in [0.4, 0.5) is 4.79 Å². The predicted octanol–water partition coefficient (Wildman–Crippen LogP) is 5.26. The Balaban J connectivity index is 1.18. The summed E-state index contributed by atoms with van der Waals surface area (Å²) < 4.78 is 11.5. The van der Waals surface area contributed by atoms with Crippen LogP contribution in [0.3, 0.4) is 0 Å². The second-order valence-electron chi connectivity index (χ2n) is 10.8. The largest absolute Gasteiger partial charge is 0.480 e. The zero-order valence-electron chi connectivity index (χ0n) is 23.1. The van der Waals surface area contributed by atoms with E-state index >= 15 is 0 Å². The highest BCUT2D eigenvalue weighted by Crippen LogP contribution is 2.44. The van der Waals surface area contributed by atoms with Crippen molar-refractivity contribution in [3.05, 3.63) is 95.6 Å². The van der Waals surface area contributed by atoms with Crippen LogP contribution in [0.25, 0.3) is 11.1 Å². The number of rotatable bonds is 10. The number of carbonyl (C=O) groups excluding carboxylic acids is 2. The van der Waals surface area contributed by atoms with Crippen LogP contribution in [0.2, 0.25) is 0 Å². The summed E-state index contributed by atoms with van der Waals surface area (Å²) in [7, 11) is 0. The van der Waals surface area contributed by atoms with Gasteiger partial charge >= 0.3 is 12.1 Å². The second kappa shape index (κ2) is 13.0. The number of carboxylic acid groups (broad SMARTS) is 1. The number of hydrogen-bond donors (Lipinski definition) is 3. The Kier molecular flexibility index (Phi) is 8.99. The first-order chi connectivity index (χ1) is 19.9. The molecule has 2 aliphatic rings. The van der Waals surface area contributed by atoms with Gasteiger partial charge in [-0.15, -0.1) is 0 Å². The van der Waals surface area contributed by atoms with Gasteiger partial charge < -0.3 is 25.2 Å². The molecule has 5 rings (SSSR count). The van der Waals surface area contributed by atoms with E-state index in [2.05, 4.69) is 34.9 Å². The Bertz CT molecular complexity index is 1330. The van der Waals surface area contributed by atoms with E-state index in [9.17, 15) is 19.5 Å². The highest BCUT2D eigenvalue weighted by atomic mass is 16.5. The molecular formula is C33H36N2O6. The lowest BCUT2D eigenvalue weighted by molar-refractivity contribution is -0.147. The summed E-state index contributed by atoms with van der Waals surface area (Å²) in [5.74, 6) is -2.20. The maximum Gasteiger partial charge on any atom is 0.407 e. The zero-order valence-corrected chi connectivity index (χ0v) is 23.1. The predicted molar refractivity (Wildman–Crippen MR) is 154 cm³/mol. The van der Waals surface area contributed by atoms with Crippen LogP contribution < -0.4 is 10.6 Å². The number of fused-ring (bicyclic) bond motifs is 3. The molecule has 3 aromatic carbocycles. The maximum absolute atomic E-state index is 13.3. The summed E-state index contributed by atoms with van der Waals surface area (Å²) in [5, 5.41) is 15.4. The van der Waals surface area contributed by atoms with Crippen molar-refractivity contribution < 1.29 is 29.0 Å². The number of carbonyl (C=O) groups is 3.